The summed E-state index contributed by atoms with van der Waals surface area (Å²) < 4.78 is 0. The van der Waals surface area contributed by atoms with Gasteiger partial charge in [-0.25, -0.2) is 0 Å². The Hall–Kier alpha value is -1.77. The first kappa shape index (κ1) is 12.9. The molecule has 3 heteroatoms. The molecule has 3 nitrogen and oxygen atoms in total. The average molecular weight is 283 g/mol. The van der Waals surface area contributed by atoms with Crippen molar-refractivity contribution in [1.82, 2.24) is 4.98 Å². The highest BCUT2D eigenvalue weighted by Crippen LogP contribution is 2.57. The number of rotatable bonds is 3. The van der Waals surface area contributed by atoms with Crippen molar-refractivity contribution in [2.45, 2.75) is 50.9 Å². The highest BCUT2D eigenvalue weighted by molar-refractivity contribution is 5.88. The van der Waals surface area contributed by atoms with Crippen LogP contribution in [0.1, 0.15) is 49.4 Å². The number of para-hydroxylation sites is 1. The normalized spacial score (nSPS) is 27.0. The van der Waals surface area contributed by atoms with Gasteiger partial charge in [-0.2, -0.15) is 0 Å². The molecule has 0 amide bonds. The van der Waals surface area contributed by atoms with Crippen molar-refractivity contribution in [2.75, 3.05) is 0 Å². The molecular formula is C18H21NO2. The summed E-state index contributed by atoms with van der Waals surface area (Å²) in [6.45, 7) is 2.17. The number of hydrogen-bond acceptors (Lipinski definition) is 1. The first-order valence-corrected chi connectivity index (χ1v) is 8.00. The lowest BCUT2D eigenvalue weighted by Gasteiger charge is -2.52. The number of carboxylic acid groups (broad SMARTS) is 1. The predicted molar refractivity (Wildman–Crippen MR) is 82.7 cm³/mol. The molecule has 0 saturated heterocycles. The van der Waals surface area contributed by atoms with Gasteiger partial charge in [-0.15, -0.1) is 0 Å². The van der Waals surface area contributed by atoms with Crippen LogP contribution < -0.4 is 0 Å². The van der Waals surface area contributed by atoms with Crippen molar-refractivity contribution in [3.05, 3.63) is 35.0 Å². The van der Waals surface area contributed by atoms with Gasteiger partial charge < -0.3 is 10.1 Å². The number of aryl methyl sites for hydroxylation is 2. The Morgan fingerprint density at radius 2 is 2.29 bits per heavy atom. The number of carboxylic acids is 1. The molecule has 0 aliphatic heterocycles. The summed E-state index contributed by atoms with van der Waals surface area (Å²) in [6.07, 6.45) is 5.72. The van der Waals surface area contributed by atoms with Crippen LogP contribution in [0.2, 0.25) is 0 Å². The molecule has 2 N–H and O–H groups in total. The van der Waals surface area contributed by atoms with E-state index in [9.17, 15) is 9.90 Å². The maximum Gasteiger partial charge on any atom is 0.304 e. The van der Waals surface area contributed by atoms with Gasteiger partial charge in [0.2, 0.25) is 0 Å². The Morgan fingerprint density at radius 1 is 1.43 bits per heavy atom. The standard InChI is InChI=1S/C18H21NO2/c1-2-11-4-3-5-13-14-7-6-12-8-9-18(12,10-15(20)21)17(14)19-16(11)13/h3-5,12,19H,2,6-10H2,1H3,(H,20,21). The number of carbonyl (C=O) groups is 1. The van der Waals surface area contributed by atoms with Crippen molar-refractivity contribution in [2.24, 2.45) is 5.92 Å². The molecule has 0 radical (unpaired) electrons. The third kappa shape index (κ3) is 1.63. The Labute approximate surface area is 124 Å². The second-order valence-corrected chi connectivity index (χ2v) is 6.67. The van der Waals surface area contributed by atoms with E-state index < -0.39 is 5.97 Å². The molecule has 21 heavy (non-hydrogen) atoms. The highest BCUT2D eigenvalue weighted by atomic mass is 16.4. The van der Waals surface area contributed by atoms with Crippen molar-refractivity contribution >= 4 is 16.9 Å². The fraction of sp³-hybridized carbons (Fsp3) is 0.500. The van der Waals surface area contributed by atoms with Crippen LogP contribution in [0.4, 0.5) is 0 Å². The lowest BCUT2D eigenvalue weighted by Crippen LogP contribution is -2.49. The van der Waals surface area contributed by atoms with E-state index in [4.69, 9.17) is 0 Å². The second-order valence-electron chi connectivity index (χ2n) is 6.67. The molecule has 2 atom stereocenters. The van der Waals surface area contributed by atoms with Gasteiger partial charge in [-0.1, -0.05) is 25.1 Å². The molecule has 110 valence electrons. The van der Waals surface area contributed by atoms with Crippen LogP contribution in [0.25, 0.3) is 10.9 Å². The van der Waals surface area contributed by atoms with Crippen molar-refractivity contribution in [3.8, 4) is 0 Å². The van der Waals surface area contributed by atoms with Crippen molar-refractivity contribution in [3.63, 3.8) is 0 Å². The number of aromatic amines is 1. The minimum absolute atomic E-state index is 0.122. The van der Waals surface area contributed by atoms with E-state index in [-0.39, 0.29) is 11.8 Å². The lowest BCUT2D eigenvalue weighted by molar-refractivity contribution is -0.141. The molecule has 0 spiro atoms. The summed E-state index contributed by atoms with van der Waals surface area (Å²) in [6, 6.07) is 6.50. The number of hydrogen-bond donors (Lipinski definition) is 2. The summed E-state index contributed by atoms with van der Waals surface area (Å²) in [7, 11) is 0. The van der Waals surface area contributed by atoms with E-state index in [0.29, 0.717) is 5.92 Å². The molecular weight excluding hydrogens is 262 g/mol. The van der Waals surface area contributed by atoms with Crippen molar-refractivity contribution < 1.29 is 9.90 Å². The van der Waals surface area contributed by atoms with Gasteiger partial charge in [0.1, 0.15) is 0 Å². The molecule has 4 rings (SSSR count). The van der Waals surface area contributed by atoms with Crippen LogP contribution >= 0.6 is 0 Å². The molecule has 1 heterocycles. The Kier molecular flexibility index (Phi) is 2.69. The van der Waals surface area contributed by atoms with Gasteiger partial charge in [-0.3, -0.25) is 4.79 Å². The predicted octanol–water partition coefficient (Wildman–Crippen LogP) is 3.80. The SMILES string of the molecule is CCc1cccc2c3c([nH]c12)C1(CC(=O)O)CCC1CC3. The van der Waals surface area contributed by atoms with Crippen LogP contribution in [-0.4, -0.2) is 16.1 Å². The molecule has 2 aromatic rings. The second kappa shape index (κ2) is 4.36. The number of H-pyrrole nitrogens is 1. The summed E-state index contributed by atoms with van der Waals surface area (Å²) >= 11 is 0. The molecule has 2 aliphatic rings. The van der Waals surface area contributed by atoms with Gasteiger partial charge in [0, 0.05) is 22.0 Å². The fourth-order valence-electron chi connectivity index (χ4n) is 4.67. The van der Waals surface area contributed by atoms with E-state index in [0.717, 1.165) is 25.7 Å². The van der Waals surface area contributed by atoms with Crippen LogP contribution in [-0.2, 0) is 23.1 Å². The van der Waals surface area contributed by atoms with E-state index in [1.807, 2.05) is 0 Å². The molecule has 2 aliphatic carbocycles. The Bertz CT molecular complexity index is 730. The van der Waals surface area contributed by atoms with Crippen LogP contribution in [0.5, 0.6) is 0 Å². The maximum absolute atomic E-state index is 11.4. The summed E-state index contributed by atoms with van der Waals surface area (Å²) in [5.41, 5.74) is 5.08. The van der Waals surface area contributed by atoms with Gasteiger partial charge in [0.25, 0.3) is 0 Å². The molecule has 2 unspecified atom stereocenters. The summed E-state index contributed by atoms with van der Waals surface area (Å²) in [5, 5.41) is 10.7. The number of benzene rings is 1. The molecule has 1 aromatic carbocycles. The first-order valence-electron chi connectivity index (χ1n) is 8.00. The van der Waals surface area contributed by atoms with Crippen LogP contribution in [0, 0.1) is 5.92 Å². The molecule has 1 aromatic heterocycles. The lowest BCUT2D eigenvalue weighted by atomic mass is 9.52. The number of aliphatic carboxylic acids is 1. The largest absolute Gasteiger partial charge is 0.481 e. The smallest absolute Gasteiger partial charge is 0.304 e. The zero-order valence-corrected chi connectivity index (χ0v) is 12.4. The number of aromatic nitrogens is 1. The van der Waals surface area contributed by atoms with Crippen LogP contribution in [0.15, 0.2) is 18.2 Å². The highest BCUT2D eigenvalue weighted by Gasteiger charge is 2.53. The quantitative estimate of drug-likeness (QED) is 0.900. The van der Waals surface area contributed by atoms with E-state index in [1.54, 1.807) is 0 Å². The minimum Gasteiger partial charge on any atom is -0.481 e. The maximum atomic E-state index is 11.4. The summed E-state index contributed by atoms with van der Waals surface area (Å²) in [5.74, 6) is -0.110. The Balaban J connectivity index is 1.94. The third-order valence-corrected chi connectivity index (χ3v) is 5.84. The molecule has 1 fully saturated rings. The Morgan fingerprint density at radius 3 is 2.95 bits per heavy atom. The van der Waals surface area contributed by atoms with E-state index >= 15 is 0 Å². The number of fused-ring (bicyclic) bond motifs is 5. The average Bonchev–Trinajstić information content (AvgIpc) is 2.82. The molecule has 0 bridgehead atoms. The monoisotopic (exact) mass is 283 g/mol. The van der Waals surface area contributed by atoms with E-state index in [2.05, 4.69) is 30.1 Å². The fourth-order valence-corrected chi connectivity index (χ4v) is 4.67. The summed E-state index contributed by atoms with van der Waals surface area (Å²) in [4.78, 5) is 15.0. The zero-order chi connectivity index (χ0) is 14.6. The van der Waals surface area contributed by atoms with Gasteiger partial charge in [0.05, 0.1) is 6.42 Å². The van der Waals surface area contributed by atoms with Gasteiger partial charge >= 0.3 is 5.97 Å². The van der Waals surface area contributed by atoms with Gasteiger partial charge in [-0.05, 0) is 49.1 Å². The first-order chi connectivity index (χ1) is 10.2. The third-order valence-electron chi connectivity index (χ3n) is 5.84. The topological polar surface area (TPSA) is 53.1 Å². The minimum atomic E-state index is -0.665. The van der Waals surface area contributed by atoms with Gasteiger partial charge in [0.15, 0.2) is 0 Å². The zero-order valence-electron chi connectivity index (χ0n) is 12.4. The number of nitrogens with one attached hydrogen (secondary N) is 1. The van der Waals surface area contributed by atoms with E-state index in [1.165, 1.54) is 34.1 Å². The molecule has 1 saturated carbocycles. The van der Waals surface area contributed by atoms with Crippen molar-refractivity contribution in [1.29, 1.82) is 0 Å². The van der Waals surface area contributed by atoms with Crippen LogP contribution in [0.3, 0.4) is 0 Å².